The van der Waals surface area contributed by atoms with Crippen molar-refractivity contribution < 1.29 is 13.5 Å². The number of para-hydroxylation sites is 2. The molecule has 0 unspecified atom stereocenters. The fraction of sp³-hybridized carbons (Fsp3) is 0.440. The number of nitrogens with zero attached hydrogens (tertiary/aromatic N) is 2. The molecule has 2 radical (unpaired) electrons. The van der Waals surface area contributed by atoms with Gasteiger partial charge < -0.3 is 9.80 Å². The molecule has 0 spiro atoms. The fourth-order valence-corrected chi connectivity index (χ4v) is 16.9. The van der Waals surface area contributed by atoms with E-state index in [4.69, 9.17) is 19.4 Å². The van der Waals surface area contributed by atoms with Crippen LogP contribution in [0, 0.1) is 20.5 Å². The Labute approximate surface area is 353 Å². The Morgan fingerprint density at radius 1 is 0.518 bits per heavy atom. The van der Waals surface area contributed by atoms with Gasteiger partial charge in [0.25, 0.3) is 0 Å². The van der Waals surface area contributed by atoms with E-state index in [-0.39, 0.29) is 0 Å². The third-order valence-electron chi connectivity index (χ3n) is 12.6. The van der Waals surface area contributed by atoms with Gasteiger partial charge in [0.15, 0.2) is 0 Å². The summed E-state index contributed by atoms with van der Waals surface area (Å²) < 4.78 is 1.12. The SMILES string of the molecule is C1CCC(P(C2CCCCC2)C2CCCCC2)CC1.Cc1ccccc1N1[C]N(c2ccccc2C)CC1.[Cl][Ru]([Cl])=[C]1C=C(c2ccccc2)c2ccccc21. The van der Waals surface area contributed by atoms with Gasteiger partial charge in [-0.1, -0.05) is 102 Å². The monoisotopic (exact) mass is 892 g/mol. The fourth-order valence-electron chi connectivity index (χ4n) is 9.73. The van der Waals surface area contributed by atoms with E-state index < -0.39 is 13.5 Å². The molecule has 6 heteroatoms. The number of anilines is 2. The zero-order valence-electron chi connectivity index (χ0n) is 33.6. The van der Waals surface area contributed by atoms with Crippen LogP contribution in [0.3, 0.4) is 0 Å². The predicted octanol–water partition coefficient (Wildman–Crippen LogP) is 14.7. The summed E-state index contributed by atoms with van der Waals surface area (Å²) in [7, 11) is 12.8. The van der Waals surface area contributed by atoms with Gasteiger partial charge in [0.1, 0.15) is 0 Å². The van der Waals surface area contributed by atoms with E-state index in [9.17, 15) is 0 Å². The van der Waals surface area contributed by atoms with Crippen LogP contribution in [0.5, 0.6) is 0 Å². The number of halogens is 2. The summed E-state index contributed by atoms with van der Waals surface area (Å²) in [5.41, 5.74) is 13.5. The van der Waals surface area contributed by atoms with Gasteiger partial charge in [-0.3, -0.25) is 0 Å². The minimum atomic E-state index is -1.88. The Morgan fingerprint density at radius 3 is 1.38 bits per heavy atom. The minimum absolute atomic E-state index is 0.385. The number of fused-ring (bicyclic) bond motifs is 1. The molecule has 0 aromatic heterocycles. The van der Waals surface area contributed by atoms with Crippen molar-refractivity contribution >= 4 is 48.4 Å². The molecule has 2 nitrogen and oxygen atoms in total. The molecular formula is C50H61Cl2N2PRu. The molecule has 1 aliphatic heterocycles. The maximum absolute atomic E-state index is 6.19. The Kier molecular flexibility index (Phi) is 15.8. The van der Waals surface area contributed by atoms with Gasteiger partial charge in [0.05, 0.1) is 0 Å². The Bertz CT molecular complexity index is 1810. The molecule has 4 aromatic rings. The molecule has 1 saturated heterocycles. The first kappa shape index (κ1) is 41.9. The second-order valence-electron chi connectivity index (χ2n) is 16.3. The molecule has 0 N–H and O–H groups in total. The molecule has 0 bridgehead atoms. The predicted molar refractivity (Wildman–Crippen MR) is 244 cm³/mol. The molecule has 0 amide bonds. The Morgan fingerprint density at radius 2 is 0.929 bits per heavy atom. The van der Waals surface area contributed by atoms with Crippen LogP contribution in [0.25, 0.3) is 5.57 Å². The third kappa shape index (κ3) is 10.7. The second-order valence-corrected chi connectivity index (χ2v) is 25.2. The quantitative estimate of drug-likeness (QED) is 0.141. The average Bonchev–Trinajstić information content (AvgIpc) is 3.90. The van der Waals surface area contributed by atoms with Crippen LogP contribution in [-0.4, -0.2) is 34.2 Å². The molecule has 4 aromatic carbocycles. The van der Waals surface area contributed by atoms with Gasteiger partial charge in [0, 0.05) is 24.5 Å². The van der Waals surface area contributed by atoms with Crippen molar-refractivity contribution in [3.05, 3.63) is 144 Å². The molecule has 4 fully saturated rings. The van der Waals surface area contributed by atoms with Crippen LogP contribution in [-0.2, 0) is 13.5 Å². The summed E-state index contributed by atoms with van der Waals surface area (Å²) in [5, 5.41) is 0. The summed E-state index contributed by atoms with van der Waals surface area (Å²) in [4.78, 5) is 4.42. The van der Waals surface area contributed by atoms with Gasteiger partial charge in [-0.05, 0) is 92.6 Å². The van der Waals surface area contributed by atoms with E-state index in [0.29, 0.717) is 7.92 Å². The van der Waals surface area contributed by atoms with E-state index in [1.54, 1.807) is 77.0 Å². The summed E-state index contributed by atoms with van der Waals surface area (Å²) in [5.74, 6) is 0. The molecule has 4 aliphatic carbocycles. The second kappa shape index (κ2) is 21.1. The molecule has 3 saturated carbocycles. The van der Waals surface area contributed by atoms with E-state index in [1.165, 1.54) is 81.0 Å². The van der Waals surface area contributed by atoms with Crippen molar-refractivity contribution in [2.24, 2.45) is 0 Å². The topological polar surface area (TPSA) is 6.48 Å². The van der Waals surface area contributed by atoms with E-state index in [2.05, 4.69) is 115 Å². The molecule has 0 atom stereocenters. The summed E-state index contributed by atoms with van der Waals surface area (Å²) in [6.45, 7) is 9.74. The molecule has 5 aliphatic rings. The van der Waals surface area contributed by atoms with Gasteiger partial charge in [-0.25, -0.2) is 0 Å². The van der Waals surface area contributed by atoms with E-state index >= 15 is 0 Å². The zero-order valence-corrected chi connectivity index (χ0v) is 37.7. The van der Waals surface area contributed by atoms with Crippen molar-refractivity contribution in [1.82, 2.24) is 0 Å². The number of aryl methyl sites for hydroxylation is 2. The number of rotatable bonds is 6. The van der Waals surface area contributed by atoms with Gasteiger partial charge in [0.2, 0.25) is 6.67 Å². The van der Waals surface area contributed by atoms with Crippen molar-refractivity contribution in [2.75, 3.05) is 22.9 Å². The molecule has 56 heavy (non-hydrogen) atoms. The average molecular weight is 893 g/mol. The third-order valence-corrected chi connectivity index (χ3v) is 19.8. The van der Waals surface area contributed by atoms with Crippen molar-refractivity contribution in [1.29, 1.82) is 0 Å². The number of benzene rings is 4. The first-order valence-electron chi connectivity index (χ1n) is 21.4. The van der Waals surface area contributed by atoms with Crippen LogP contribution in [0.4, 0.5) is 11.4 Å². The van der Waals surface area contributed by atoms with Crippen LogP contribution < -0.4 is 9.80 Å². The van der Waals surface area contributed by atoms with Gasteiger partial charge >= 0.3 is 120 Å². The van der Waals surface area contributed by atoms with Gasteiger partial charge in [-0.15, -0.1) is 0 Å². The summed E-state index contributed by atoms with van der Waals surface area (Å²) in [6, 6.07) is 35.6. The van der Waals surface area contributed by atoms with Crippen LogP contribution in [0.1, 0.15) is 124 Å². The van der Waals surface area contributed by atoms with E-state index in [0.717, 1.165) is 17.2 Å². The van der Waals surface area contributed by atoms with Gasteiger partial charge in [-0.2, -0.15) is 0 Å². The number of allylic oxidation sites excluding steroid dienone is 1. The maximum atomic E-state index is 6.19. The van der Waals surface area contributed by atoms with Crippen molar-refractivity contribution in [2.45, 2.75) is 127 Å². The molecule has 298 valence electrons. The van der Waals surface area contributed by atoms with E-state index in [1.807, 2.05) is 24.3 Å². The van der Waals surface area contributed by atoms with Crippen molar-refractivity contribution in [3.8, 4) is 0 Å². The van der Waals surface area contributed by atoms with Crippen molar-refractivity contribution in [3.63, 3.8) is 0 Å². The number of hydrogen-bond donors (Lipinski definition) is 0. The molecular weight excluding hydrogens is 832 g/mol. The molecule has 9 rings (SSSR count). The number of hydrogen-bond acceptors (Lipinski definition) is 2. The van der Waals surface area contributed by atoms with Crippen LogP contribution in [0.2, 0.25) is 0 Å². The molecule has 1 heterocycles. The standard InChI is InChI=1S/C18H33P.C17H18N2.C15H10.2ClH.Ru/c1-4-10-16(11-5-1)19(17-12-6-2-7-13-17)18-14-8-3-9-15-18;1-14-7-3-5-9-16(14)18-11-12-19(13-18)17-10-6-4-8-15(17)2;1-2-6-12(7-3-1)15-11-10-13-8-4-5-9-14(13)15;;;/h16-18H,1-15H2;3-10H,11-12H2,1-2H3;1-9,11H;2*1H;/q;;;;;+2/p-2. The first-order chi connectivity index (χ1) is 27.5. The summed E-state index contributed by atoms with van der Waals surface area (Å²) in [6.07, 6.45) is 25.8. The first-order valence-corrected chi connectivity index (χ1v) is 28.3. The van der Waals surface area contributed by atoms with Crippen LogP contribution in [0.15, 0.2) is 109 Å². The van der Waals surface area contributed by atoms with Crippen LogP contribution >= 0.6 is 27.3 Å². The summed E-state index contributed by atoms with van der Waals surface area (Å²) >= 11 is -1.88. The zero-order chi connectivity index (χ0) is 38.7. The normalized spacial score (nSPS) is 19.5. The Balaban J connectivity index is 0.000000129. The Hall–Kier alpha value is -2.28.